The van der Waals surface area contributed by atoms with Crippen molar-refractivity contribution in [2.24, 2.45) is 0 Å². The summed E-state index contributed by atoms with van der Waals surface area (Å²) in [6.07, 6.45) is 0.883. The van der Waals surface area contributed by atoms with E-state index in [4.69, 9.17) is 0 Å². The lowest BCUT2D eigenvalue weighted by Gasteiger charge is -2.13. The minimum Gasteiger partial charge on any atom is -0.351 e. The van der Waals surface area contributed by atoms with Crippen molar-refractivity contribution in [2.45, 2.75) is 32.7 Å². The smallest absolute Gasteiger partial charge is 0.275 e. The molecular formula is C19H27N2OS+. The number of rotatable bonds is 8. The minimum atomic E-state index is 0.123. The van der Waals surface area contributed by atoms with E-state index in [1.807, 2.05) is 0 Å². The predicted octanol–water partition coefficient (Wildman–Crippen LogP) is 2.25. The van der Waals surface area contributed by atoms with E-state index in [2.05, 4.69) is 68.0 Å². The van der Waals surface area contributed by atoms with Gasteiger partial charge in [-0.2, -0.15) is 0 Å². The molecule has 2 rings (SSSR count). The fraction of sp³-hybridized carbons (Fsp3) is 0.421. The molecule has 0 fully saturated rings. The van der Waals surface area contributed by atoms with Gasteiger partial charge in [0.15, 0.2) is 6.54 Å². The Hall–Kier alpha value is -1.65. The summed E-state index contributed by atoms with van der Waals surface area (Å²) in [6.45, 7) is 6.52. The third-order valence-corrected chi connectivity index (χ3v) is 4.78. The van der Waals surface area contributed by atoms with Crippen molar-refractivity contribution in [1.29, 1.82) is 0 Å². The number of benzene rings is 1. The first-order chi connectivity index (χ1) is 11.0. The first kappa shape index (κ1) is 17.7. The zero-order valence-electron chi connectivity index (χ0n) is 14.3. The van der Waals surface area contributed by atoms with Crippen LogP contribution in [0.1, 0.15) is 35.8 Å². The fourth-order valence-electron chi connectivity index (χ4n) is 2.53. The average Bonchev–Trinajstić information content (AvgIpc) is 3.00. The maximum absolute atomic E-state index is 12.0. The van der Waals surface area contributed by atoms with Crippen molar-refractivity contribution in [3.8, 4) is 0 Å². The summed E-state index contributed by atoms with van der Waals surface area (Å²) >= 11 is 1.74. The average molecular weight is 332 g/mol. The molecular weight excluding hydrogens is 304 g/mol. The molecule has 1 atom stereocenters. The van der Waals surface area contributed by atoms with Crippen LogP contribution in [-0.2, 0) is 17.8 Å². The lowest BCUT2D eigenvalue weighted by Crippen LogP contribution is -3.08. The maximum atomic E-state index is 12.0. The Balaban J connectivity index is 1.68. The molecule has 0 bridgehead atoms. The fourth-order valence-corrected chi connectivity index (χ4v) is 3.34. The van der Waals surface area contributed by atoms with Crippen LogP contribution in [0.5, 0.6) is 0 Å². The van der Waals surface area contributed by atoms with Crippen LogP contribution in [0.15, 0.2) is 41.8 Å². The summed E-state index contributed by atoms with van der Waals surface area (Å²) in [5.74, 6) is 0.684. The van der Waals surface area contributed by atoms with Crippen molar-refractivity contribution in [3.63, 3.8) is 0 Å². The summed E-state index contributed by atoms with van der Waals surface area (Å²) < 4.78 is 0. The second kappa shape index (κ2) is 8.85. The van der Waals surface area contributed by atoms with Gasteiger partial charge in [-0.15, -0.1) is 11.3 Å². The van der Waals surface area contributed by atoms with Gasteiger partial charge in [0.05, 0.1) is 11.9 Å². The Labute approximate surface area is 143 Å². The number of likely N-dealkylation sites (N-methyl/N-ethyl adjacent to an activating group) is 1. The molecule has 0 spiro atoms. The molecule has 1 aromatic heterocycles. The highest BCUT2D eigenvalue weighted by Gasteiger charge is 2.10. The molecule has 124 valence electrons. The van der Waals surface area contributed by atoms with Crippen LogP contribution < -0.4 is 10.2 Å². The number of carbonyl (C=O) groups is 1. The highest BCUT2D eigenvalue weighted by atomic mass is 32.1. The number of quaternary nitrogens is 1. The Kier molecular flexibility index (Phi) is 6.81. The molecule has 2 aromatic rings. The van der Waals surface area contributed by atoms with Gasteiger partial charge >= 0.3 is 0 Å². The first-order valence-corrected chi connectivity index (χ1v) is 9.12. The third-order valence-electron chi connectivity index (χ3n) is 3.90. The largest absolute Gasteiger partial charge is 0.351 e. The molecule has 4 heteroatoms. The second-order valence-corrected chi connectivity index (χ2v) is 7.42. The van der Waals surface area contributed by atoms with Gasteiger partial charge in [-0.3, -0.25) is 4.79 Å². The summed E-state index contributed by atoms with van der Waals surface area (Å²) in [5, 5.41) is 5.10. The molecule has 23 heavy (non-hydrogen) atoms. The second-order valence-electron chi connectivity index (χ2n) is 6.39. The van der Waals surface area contributed by atoms with E-state index < -0.39 is 0 Å². The van der Waals surface area contributed by atoms with Gasteiger partial charge in [0.2, 0.25) is 0 Å². The Bertz CT molecular complexity index is 590. The van der Waals surface area contributed by atoms with Crippen molar-refractivity contribution >= 4 is 17.2 Å². The molecule has 0 aliphatic rings. The molecule has 0 aliphatic carbocycles. The van der Waals surface area contributed by atoms with Crippen LogP contribution in [0.2, 0.25) is 0 Å². The molecule has 1 heterocycles. The van der Waals surface area contributed by atoms with Gasteiger partial charge in [0, 0.05) is 6.54 Å². The molecule has 0 saturated heterocycles. The van der Waals surface area contributed by atoms with Gasteiger partial charge in [-0.1, -0.05) is 44.2 Å². The lowest BCUT2D eigenvalue weighted by molar-refractivity contribution is -0.885. The zero-order valence-corrected chi connectivity index (χ0v) is 15.1. The van der Waals surface area contributed by atoms with E-state index in [-0.39, 0.29) is 5.91 Å². The molecule has 1 amide bonds. The van der Waals surface area contributed by atoms with Gasteiger partial charge < -0.3 is 10.2 Å². The van der Waals surface area contributed by atoms with Gasteiger partial charge in [-0.05, 0) is 34.9 Å². The quantitative estimate of drug-likeness (QED) is 0.764. The van der Waals surface area contributed by atoms with E-state index in [9.17, 15) is 4.79 Å². The molecule has 0 saturated carbocycles. The SMILES string of the molecule is CC(C)c1ccc(CCNC(=O)C[NH+](C)Cc2cccs2)cc1. The zero-order chi connectivity index (χ0) is 16.7. The van der Waals surface area contributed by atoms with Crippen molar-refractivity contribution < 1.29 is 9.69 Å². The summed E-state index contributed by atoms with van der Waals surface area (Å²) in [6, 6.07) is 12.9. The monoisotopic (exact) mass is 331 g/mol. The van der Waals surface area contributed by atoms with Crippen LogP contribution in [0.4, 0.5) is 0 Å². The van der Waals surface area contributed by atoms with Gasteiger partial charge in [-0.25, -0.2) is 0 Å². The standard InChI is InChI=1S/C19H26N2OS/c1-15(2)17-8-6-16(7-9-17)10-11-20-19(22)14-21(3)13-18-5-4-12-23-18/h4-9,12,15H,10-11,13-14H2,1-3H3,(H,20,22)/p+1. The van der Waals surface area contributed by atoms with E-state index in [0.717, 1.165) is 13.0 Å². The number of thiophene rings is 1. The number of amides is 1. The van der Waals surface area contributed by atoms with Crippen molar-refractivity contribution in [3.05, 3.63) is 57.8 Å². The third kappa shape index (κ3) is 6.16. The number of hydrogen-bond donors (Lipinski definition) is 2. The highest BCUT2D eigenvalue weighted by Crippen LogP contribution is 2.14. The Morgan fingerprint density at radius 1 is 1.22 bits per heavy atom. The first-order valence-electron chi connectivity index (χ1n) is 8.24. The molecule has 0 aliphatic heterocycles. The highest BCUT2D eigenvalue weighted by molar-refractivity contribution is 7.09. The van der Waals surface area contributed by atoms with Gasteiger partial charge in [0.1, 0.15) is 6.54 Å². The molecule has 0 radical (unpaired) electrons. The van der Waals surface area contributed by atoms with Crippen molar-refractivity contribution in [1.82, 2.24) is 5.32 Å². The van der Waals surface area contributed by atoms with E-state index in [0.29, 0.717) is 19.0 Å². The Morgan fingerprint density at radius 3 is 2.57 bits per heavy atom. The summed E-state index contributed by atoms with van der Waals surface area (Å²) in [7, 11) is 2.06. The van der Waals surface area contributed by atoms with E-state index >= 15 is 0 Å². The number of carbonyl (C=O) groups excluding carboxylic acids is 1. The van der Waals surface area contributed by atoms with Crippen LogP contribution in [0.3, 0.4) is 0 Å². The molecule has 1 aromatic carbocycles. The topological polar surface area (TPSA) is 33.5 Å². The number of hydrogen-bond acceptors (Lipinski definition) is 2. The van der Waals surface area contributed by atoms with E-state index in [1.54, 1.807) is 11.3 Å². The summed E-state index contributed by atoms with van der Waals surface area (Å²) in [4.78, 5) is 14.5. The molecule has 2 N–H and O–H groups in total. The van der Waals surface area contributed by atoms with Crippen molar-refractivity contribution in [2.75, 3.05) is 20.1 Å². The normalized spacial score (nSPS) is 12.3. The molecule has 3 nitrogen and oxygen atoms in total. The minimum absolute atomic E-state index is 0.123. The van der Waals surface area contributed by atoms with Crippen LogP contribution >= 0.6 is 11.3 Å². The summed E-state index contributed by atoms with van der Waals surface area (Å²) in [5.41, 5.74) is 2.63. The van der Waals surface area contributed by atoms with Crippen LogP contribution in [0, 0.1) is 0 Å². The van der Waals surface area contributed by atoms with Gasteiger partial charge in [0.25, 0.3) is 5.91 Å². The maximum Gasteiger partial charge on any atom is 0.275 e. The Morgan fingerprint density at radius 2 is 1.96 bits per heavy atom. The lowest BCUT2D eigenvalue weighted by atomic mass is 10.0. The molecule has 1 unspecified atom stereocenters. The van der Waals surface area contributed by atoms with Crippen LogP contribution in [0.25, 0.3) is 0 Å². The van der Waals surface area contributed by atoms with E-state index in [1.165, 1.54) is 20.9 Å². The number of nitrogens with one attached hydrogen (secondary N) is 2. The predicted molar refractivity (Wildman–Crippen MR) is 97.0 cm³/mol. The van der Waals surface area contributed by atoms with Crippen LogP contribution in [-0.4, -0.2) is 26.0 Å².